The maximum absolute atomic E-state index is 12.2. The second kappa shape index (κ2) is 5.57. The molecule has 0 aliphatic heterocycles. The fourth-order valence-corrected chi connectivity index (χ4v) is 2.72. The fraction of sp³-hybridized carbons (Fsp3) is 0.231. The standard InChI is InChI=1S/C13H15N3O4S/c1-8(2)11-7-12(15-14-11)16-21(19,20)10-5-3-4-9(6-10)13(17)18/h3-8H,1-2H3,(H,17,18)(H2,14,15,16). The molecule has 1 aromatic heterocycles. The summed E-state index contributed by atoms with van der Waals surface area (Å²) in [6.07, 6.45) is 0. The normalized spacial score (nSPS) is 11.6. The largest absolute Gasteiger partial charge is 0.478 e. The molecule has 8 heteroatoms. The first kappa shape index (κ1) is 15.0. The second-order valence-corrected chi connectivity index (χ2v) is 6.48. The first-order chi connectivity index (χ1) is 9.79. The van der Waals surface area contributed by atoms with Crippen molar-refractivity contribution < 1.29 is 18.3 Å². The number of rotatable bonds is 5. The van der Waals surface area contributed by atoms with E-state index in [4.69, 9.17) is 5.11 Å². The maximum atomic E-state index is 12.2. The molecule has 0 amide bonds. The Morgan fingerprint density at radius 2 is 2.05 bits per heavy atom. The average Bonchev–Trinajstić information content (AvgIpc) is 2.87. The lowest BCUT2D eigenvalue weighted by molar-refractivity contribution is 0.0696. The minimum Gasteiger partial charge on any atom is -0.478 e. The zero-order chi connectivity index (χ0) is 15.6. The van der Waals surface area contributed by atoms with Gasteiger partial charge in [0.05, 0.1) is 10.5 Å². The number of anilines is 1. The highest BCUT2D eigenvalue weighted by Gasteiger charge is 2.18. The van der Waals surface area contributed by atoms with Crippen LogP contribution in [0.15, 0.2) is 35.2 Å². The van der Waals surface area contributed by atoms with Gasteiger partial charge in [-0.1, -0.05) is 19.9 Å². The molecule has 0 aliphatic rings. The highest BCUT2D eigenvalue weighted by atomic mass is 32.2. The maximum Gasteiger partial charge on any atom is 0.335 e. The van der Waals surface area contributed by atoms with Crippen LogP contribution >= 0.6 is 0 Å². The van der Waals surface area contributed by atoms with Crippen molar-refractivity contribution in [2.24, 2.45) is 0 Å². The molecule has 0 atom stereocenters. The van der Waals surface area contributed by atoms with E-state index in [1.54, 1.807) is 6.07 Å². The number of hydrogen-bond acceptors (Lipinski definition) is 4. The van der Waals surface area contributed by atoms with Crippen molar-refractivity contribution in [3.8, 4) is 0 Å². The summed E-state index contributed by atoms with van der Waals surface area (Å²) in [6.45, 7) is 3.89. The number of benzene rings is 1. The van der Waals surface area contributed by atoms with Crippen molar-refractivity contribution in [2.75, 3.05) is 4.72 Å². The Labute approximate surface area is 122 Å². The molecular formula is C13H15N3O4S. The van der Waals surface area contributed by atoms with E-state index in [2.05, 4.69) is 14.9 Å². The first-order valence-corrected chi connectivity index (χ1v) is 7.69. The van der Waals surface area contributed by atoms with Gasteiger partial charge in [-0.3, -0.25) is 9.82 Å². The molecule has 0 fully saturated rings. The Bertz CT molecular complexity index is 765. The predicted octanol–water partition coefficient (Wildman–Crippen LogP) is 2.03. The third-order valence-electron chi connectivity index (χ3n) is 2.85. The Hall–Kier alpha value is -2.35. The van der Waals surface area contributed by atoms with Crippen molar-refractivity contribution in [1.29, 1.82) is 0 Å². The number of carboxylic acid groups (broad SMARTS) is 1. The van der Waals surface area contributed by atoms with Gasteiger partial charge in [0.1, 0.15) is 0 Å². The highest BCUT2D eigenvalue weighted by Crippen LogP contribution is 2.19. The van der Waals surface area contributed by atoms with E-state index in [-0.39, 0.29) is 22.2 Å². The number of nitrogens with one attached hydrogen (secondary N) is 2. The van der Waals surface area contributed by atoms with Gasteiger partial charge in [-0.2, -0.15) is 5.10 Å². The SMILES string of the molecule is CC(C)c1cc(NS(=O)(=O)c2cccc(C(=O)O)c2)n[nH]1. The monoisotopic (exact) mass is 309 g/mol. The number of nitrogens with zero attached hydrogens (tertiary/aromatic N) is 1. The number of hydrogen-bond donors (Lipinski definition) is 3. The number of sulfonamides is 1. The molecule has 0 aliphatic carbocycles. The van der Waals surface area contributed by atoms with Crippen molar-refractivity contribution in [1.82, 2.24) is 10.2 Å². The smallest absolute Gasteiger partial charge is 0.335 e. The molecule has 2 aromatic rings. The van der Waals surface area contributed by atoms with Gasteiger partial charge in [0.15, 0.2) is 5.82 Å². The van der Waals surface area contributed by atoms with Gasteiger partial charge in [0, 0.05) is 11.8 Å². The summed E-state index contributed by atoms with van der Waals surface area (Å²) < 4.78 is 26.7. The van der Waals surface area contributed by atoms with E-state index < -0.39 is 16.0 Å². The number of H-pyrrole nitrogens is 1. The summed E-state index contributed by atoms with van der Waals surface area (Å²) in [6, 6.07) is 6.73. The van der Waals surface area contributed by atoms with Gasteiger partial charge in [0.2, 0.25) is 0 Å². The van der Waals surface area contributed by atoms with Gasteiger partial charge < -0.3 is 5.11 Å². The number of aromatic carboxylic acids is 1. The van der Waals surface area contributed by atoms with E-state index in [1.165, 1.54) is 18.2 Å². The van der Waals surface area contributed by atoms with Crippen LogP contribution in [0.1, 0.15) is 35.8 Å². The summed E-state index contributed by atoms with van der Waals surface area (Å²) in [4.78, 5) is 10.8. The average molecular weight is 309 g/mol. The number of carboxylic acids is 1. The molecule has 7 nitrogen and oxygen atoms in total. The van der Waals surface area contributed by atoms with Crippen LogP contribution < -0.4 is 4.72 Å². The van der Waals surface area contributed by atoms with Gasteiger partial charge in [-0.15, -0.1) is 0 Å². The first-order valence-electron chi connectivity index (χ1n) is 6.21. The van der Waals surface area contributed by atoms with Crippen LogP contribution in [0.3, 0.4) is 0 Å². The Kier molecular flexibility index (Phi) is 3.99. The van der Waals surface area contributed by atoms with E-state index in [9.17, 15) is 13.2 Å². The van der Waals surface area contributed by atoms with E-state index in [1.807, 2.05) is 13.8 Å². The summed E-state index contributed by atoms with van der Waals surface area (Å²) >= 11 is 0. The number of carbonyl (C=O) groups is 1. The van der Waals surface area contributed by atoms with Crippen molar-refractivity contribution >= 4 is 21.8 Å². The minimum absolute atomic E-state index is 0.0947. The molecule has 2 rings (SSSR count). The van der Waals surface area contributed by atoms with Crippen LogP contribution in [0.5, 0.6) is 0 Å². The van der Waals surface area contributed by atoms with Crippen molar-refractivity contribution in [2.45, 2.75) is 24.7 Å². The molecule has 3 N–H and O–H groups in total. The van der Waals surface area contributed by atoms with Crippen molar-refractivity contribution in [3.05, 3.63) is 41.6 Å². The topological polar surface area (TPSA) is 112 Å². The van der Waals surface area contributed by atoms with Crippen LogP contribution in [0.4, 0.5) is 5.82 Å². The fourth-order valence-electron chi connectivity index (χ4n) is 1.68. The lowest BCUT2D eigenvalue weighted by atomic mass is 10.1. The molecule has 0 saturated carbocycles. The van der Waals surface area contributed by atoms with Crippen LogP contribution in [0.25, 0.3) is 0 Å². The Morgan fingerprint density at radius 3 is 2.62 bits per heavy atom. The quantitative estimate of drug-likeness (QED) is 0.782. The zero-order valence-electron chi connectivity index (χ0n) is 11.5. The summed E-state index contributed by atoms with van der Waals surface area (Å²) in [7, 11) is -3.88. The van der Waals surface area contributed by atoms with Gasteiger partial charge in [0.25, 0.3) is 10.0 Å². The number of aromatic amines is 1. The van der Waals surface area contributed by atoms with Gasteiger partial charge in [-0.05, 0) is 24.1 Å². The van der Waals surface area contributed by atoms with E-state index in [0.29, 0.717) is 0 Å². The lowest BCUT2D eigenvalue weighted by Gasteiger charge is -2.06. The Balaban J connectivity index is 2.29. The van der Waals surface area contributed by atoms with Crippen LogP contribution in [-0.2, 0) is 10.0 Å². The van der Waals surface area contributed by atoms with Gasteiger partial charge >= 0.3 is 5.97 Å². The number of aromatic nitrogens is 2. The predicted molar refractivity (Wildman–Crippen MR) is 76.9 cm³/mol. The highest BCUT2D eigenvalue weighted by molar-refractivity contribution is 7.92. The molecule has 0 spiro atoms. The zero-order valence-corrected chi connectivity index (χ0v) is 12.3. The molecule has 1 heterocycles. The van der Waals surface area contributed by atoms with E-state index >= 15 is 0 Å². The molecule has 0 radical (unpaired) electrons. The molecule has 1 aromatic carbocycles. The van der Waals surface area contributed by atoms with Crippen LogP contribution in [-0.4, -0.2) is 29.7 Å². The second-order valence-electron chi connectivity index (χ2n) is 4.80. The van der Waals surface area contributed by atoms with Gasteiger partial charge in [-0.25, -0.2) is 13.2 Å². The minimum atomic E-state index is -3.88. The third-order valence-corrected chi connectivity index (χ3v) is 4.20. The summed E-state index contributed by atoms with van der Waals surface area (Å²) in [5, 5.41) is 15.5. The molecule has 0 saturated heterocycles. The molecule has 0 unspecified atom stereocenters. The van der Waals surface area contributed by atoms with Crippen LogP contribution in [0.2, 0.25) is 0 Å². The van der Waals surface area contributed by atoms with Crippen molar-refractivity contribution in [3.63, 3.8) is 0 Å². The van der Waals surface area contributed by atoms with Crippen LogP contribution in [0, 0.1) is 0 Å². The summed E-state index contributed by atoms with van der Waals surface area (Å²) in [5.41, 5.74) is 0.703. The Morgan fingerprint density at radius 1 is 1.33 bits per heavy atom. The summed E-state index contributed by atoms with van der Waals surface area (Å²) in [5.74, 6) is -0.834. The van der Waals surface area contributed by atoms with E-state index in [0.717, 1.165) is 11.8 Å². The molecule has 0 bridgehead atoms. The molecule has 112 valence electrons. The third kappa shape index (κ3) is 3.40. The molecule has 21 heavy (non-hydrogen) atoms. The lowest BCUT2D eigenvalue weighted by Crippen LogP contribution is -2.14. The molecular weight excluding hydrogens is 294 g/mol.